The number of carboxylic acid groups (broad SMARTS) is 1. The second kappa shape index (κ2) is 3.72. The molecule has 0 unspecified atom stereocenters. The highest BCUT2D eigenvalue weighted by Crippen LogP contribution is 2.14. The van der Waals surface area contributed by atoms with Gasteiger partial charge in [0.25, 0.3) is 0 Å². The molecule has 1 aliphatic rings. The number of hydrogen-bond donors (Lipinski definition) is 1. The number of aromatic nitrogens is 2. The van der Waals surface area contributed by atoms with Crippen molar-refractivity contribution in [2.45, 2.75) is 19.5 Å². The van der Waals surface area contributed by atoms with Gasteiger partial charge in [-0.25, -0.2) is 4.79 Å². The molecule has 0 spiro atoms. The first-order valence-corrected chi connectivity index (χ1v) is 4.70. The van der Waals surface area contributed by atoms with Gasteiger partial charge in [-0.2, -0.15) is 5.10 Å². The lowest BCUT2D eigenvalue weighted by molar-refractivity contribution is 0.111. The molecule has 0 saturated heterocycles. The van der Waals surface area contributed by atoms with E-state index in [0.717, 1.165) is 6.42 Å². The molecule has 2 rings (SSSR count). The first-order chi connectivity index (χ1) is 7.22. The fourth-order valence-electron chi connectivity index (χ4n) is 1.72. The van der Waals surface area contributed by atoms with E-state index < -0.39 is 6.09 Å². The maximum Gasteiger partial charge on any atom is 0.407 e. The monoisotopic (exact) mass is 209 g/mol. The van der Waals surface area contributed by atoms with Crippen molar-refractivity contribution < 1.29 is 14.7 Å². The number of hydrogen-bond acceptors (Lipinski definition) is 3. The predicted octanol–water partition coefficient (Wildman–Crippen LogP) is 0.579. The van der Waals surface area contributed by atoms with Crippen LogP contribution in [0.5, 0.6) is 0 Å². The number of fused-ring (bicyclic) bond motifs is 1. The summed E-state index contributed by atoms with van der Waals surface area (Å²) >= 11 is 0. The van der Waals surface area contributed by atoms with Crippen LogP contribution in [0.25, 0.3) is 0 Å². The summed E-state index contributed by atoms with van der Waals surface area (Å²) in [7, 11) is 0. The maximum atomic E-state index is 10.8. The summed E-state index contributed by atoms with van der Waals surface area (Å²) < 4.78 is 1.70. The molecule has 6 nitrogen and oxygen atoms in total. The Morgan fingerprint density at radius 3 is 3.00 bits per heavy atom. The SMILES string of the molecule is O=Cc1cnn2c1CN(C(=O)O)CCC2. The van der Waals surface area contributed by atoms with Crippen LogP contribution in [0.2, 0.25) is 0 Å². The molecule has 1 aliphatic heterocycles. The van der Waals surface area contributed by atoms with Crippen LogP contribution in [0.3, 0.4) is 0 Å². The van der Waals surface area contributed by atoms with Gasteiger partial charge in [-0.3, -0.25) is 9.48 Å². The molecule has 80 valence electrons. The Hall–Kier alpha value is -1.85. The smallest absolute Gasteiger partial charge is 0.407 e. The molecular weight excluding hydrogens is 198 g/mol. The van der Waals surface area contributed by atoms with Gasteiger partial charge in [-0.05, 0) is 6.42 Å². The van der Waals surface area contributed by atoms with Crippen molar-refractivity contribution in [1.82, 2.24) is 14.7 Å². The first kappa shape index (κ1) is 9.70. The third kappa shape index (κ3) is 1.70. The van der Waals surface area contributed by atoms with E-state index >= 15 is 0 Å². The van der Waals surface area contributed by atoms with Crippen LogP contribution in [0.4, 0.5) is 4.79 Å². The van der Waals surface area contributed by atoms with Crippen LogP contribution in [-0.2, 0) is 13.1 Å². The van der Waals surface area contributed by atoms with Gasteiger partial charge < -0.3 is 10.0 Å². The number of nitrogens with zero attached hydrogens (tertiary/aromatic N) is 3. The van der Waals surface area contributed by atoms with E-state index in [1.165, 1.54) is 11.1 Å². The summed E-state index contributed by atoms with van der Waals surface area (Å²) in [6.45, 7) is 1.38. The molecule has 2 heterocycles. The molecule has 0 radical (unpaired) electrons. The molecule has 6 heteroatoms. The normalized spacial score (nSPS) is 15.6. The van der Waals surface area contributed by atoms with E-state index in [4.69, 9.17) is 5.11 Å². The highest BCUT2D eigenvalue weighted by molar-refractivity contribution is 5.76. The summed E-state index contributed by atoms with van der Waals surface area (Å²) in [5.41, 5.74) is 1.16. The van der Waals surface area contributed by atoms with Gasteiger partial charge in [0.2, 0.25) is 0 Å². The molecule has 0 aliphatic carbocycles. The summed E-state index contributed by atoms with van der Waals surface area (Å²) in [5, 5.41) is 12.9. The van der Waals surface area contributed by atoms with Gasteiger partial charge in [-0.1, -0.05) is 0 Å². The van der Waals surface area contributed by atoms with Crippen LogP contribution in [0.15, 0.2) is 6.20 Å². The average molecular weight is 209 g/mol. The second-order valence-electron chi connectivity index (χ2n) is 3.45. The third-order valence-electron chi connectivity index (χ3n) is 2.52. The molecule has 0 atom stereocenters. The van der Waals surface area contributed by atoms with Crippen LogP contribution in [0.1, 0.15) is 22.5 Å². The van der Waals surface area contributed by atoms with E-state index in [-0.39, 0.29) is 6.54 Å². The maximum absolute atomic E-state index is 10.8. The summed E-state index contributed by atoms with van der Waals surface area (Å²) in [6, 6.07) is 0. The Kier molecular flexibility index (Phi) is 2.40. The van der Waals surface area contributed by atoms with Gasteiger partial charge in [0.15, 0.2) is 6.29 Å². The third-order valence-corrected chi connectivity index (χ3v) is 2.52. The molecular formula is C9H11N3O3. The van der Waals surface area contributed by atoms with Crippen molar-refractivity contribution >= 4 is 12.4 Å². The molecule has 0 fully saturated rings. The predicted molar refractivity (Wildman–Crippen MR) is 50.7 cm³/mol. The van der Waals surface area contributed by atoms with Crippen LogP contribution < -0.4 is 0 Å². The molecule has 1 aromatic heterocycles. The van der Waals surface area contributed by atoms with E-state index in [2.05, 4.69) is 5.10 Å². The number of aldehydes is 1. The fourth-order valence-corrected chi connectivity index (χ4v) is 1.72. The lowest BCUT2D eigenvalue weighted by atomic mass is 10.2. The highest BCUT2D eigenvalue weighted by atomic mass is 16.4. The number of carbonyl (C=O) groups is 2. The van der Waals surface area contributed by atoms with Crippen LogP contribution >= 0.6 is 0 Å². The van der Waals surface area contributed by atoms with Gasteiger partial charge in [-0.15, -0.1) is 0 Å². The number of amides is 1. The van der Waals surface area contributed by atoms with Gasteiger partial charge in [0, 0.05) is 13.1 Å². The summed E-state index contributed by atoms with van der Waals surface area (Å²) in [6.07, 6.45) is 1.96. The van der Waals surface area contributed by atoms with Crippen molar-refractivity contribution in [3.05, 3.63) is 17.5 Å². The van der Waals surface area contributed by atoms with Crippen molar-refractivity contribution in [2.24, 2.45) is 0 Å². The Labute approximate surface area is 86.1 Å². The zero-order valence-corrected chi connectivity index (χ0v) is 8.09. The van der Waals surface area contributed by atoms with E-state index in [9.17, 15) is 9.59 Å². The Balaban J connectivity index is 2.33. The van der Waals surface area contributed by atoms with Gasteiger partial charge in [0.05, 0.1) is 24.0 Å². The zero-order valence-electron chi connectivity index (χ0n) is 8.09. The number of rotatable bonds is 1. The van der Waals surface area contributed by atoms with Crippen molar-refractivity contribution in [3.63, 3.8) is 0 Å². The van der Waals surface area contributed by atoms with Crippen molar-refractivity contribution in [2.75, 3.05) is 6.54 Å². The topological polar surface area (TPSA) is 75.4 Å². The van der Waals surface area contributed by atoms with Gasteiger partial charge >= 0.3 is 6.09 Å². The fraction of sp³-hybridized carbons (Fsp3) is 0.444. The Morgan fingerprint density at radius 2 is 2.33 bits per heavy atom. The molecule has 0 saturated carbocycles. The quantitative estimate of drug-likeness (QED) is 0.686. The van der Waals surface area contributed by atoms with Gasteiger partial charge in [0.1, 0.15) is 0 Å². The summed E-state index contributed by atoms with van der Waals surface area (Å²) in [5.74, 6) is 0. The van der Waals surface area contributed by atoms with Crippen molar-refractivity contribution in [3.8, 4) is 0 Å². The largest absolute Gasteiger partial charge is 0.465 e. The van der Waals surface area contributed by atoms with E-state index in [1.54, 1.807) is 4.68 Å². The molecule has 15 heavy (non-hydrogen) atoms. The standard InChI is InChI=1S/C9H11N3O3/c13-6-7-4-10-12-3-1-2-11(9(14)15)5-8(7)12/h4,6H,1-3,5H2,(H,14,15). The number of aryl methyl sites for hydroxylation is 1. The first-order valence-electron chi connectivity index (χ1n) is 4.70. The minimum atomic E-state index is -0.957. The van der Waals surface area contributed by atoms with Crippen molar-refractivity contribution in [1.29, 1.82) is 0 Å². The van der Waals surface area contributed by atoms with E-state index in [1.807, 2.05) is 0 Å². The van der Waals surface area contributed by atoms with E-state index in [0.29, 0.717) is 30.6 Å². The summed E-state index contributed by atoms with van der Waals surface area (Å²) in [4.78, 5) is 22.9. The molecule has 1 aromatic rings. The molecule has 1 amide bonds. The molecule has 1 N–H and O–H groups in total. The minimum Gasteiger partial charge on any atom is -0.465 e. The Bertz CT molecular complexity index is 399. The lowest BCUT2D eigenvalue weighted by Crippen LogP contribution is -2.29. The highest BCUT2D eigenvalue weighted by Gasteiger charge is 2.21. The zero-order chi connectivity index (χ0) is 10.8. The molecule has 0 bridgehead atoms. The Morgan fingerprint density at radius 1 is 1.53 bits per heavy atom. The average Bonchev–Trinajstić information content (AvgIpc) is 2.46. The molecule has 0 aromatic carbocycles. The van der Waals surface area contributed by atoms with Crippen LogP contribution in [0, 0.1) is 0 Å². The second-order valence-corrected chi connectivity index (χ2v) is 3.45. The lowest BCUT2D eigenvalue weighted by Gasteiger charge is -2.15. The number of carbonyl (C=O) groups excluding carboxylic acids is 1. The van der Waals surface area contributed by atoms with Crippen LogP contribution in [-0.4, -0.2) is 38.7 Å². The minimum absolute atomic E-state index is 0.239.